The number of hydrogen-bond acceptors (Lipinski definition) is 6. The predicted octanol–water partition coefficient (Wildman–Crippen LogP) is 2.14. The number of hydrogen-bond donors (Lipinski definition) is 0. The molecular formula is C21H17Cl2N3O6. The normalized spacial score (nSPS) is 16.4. The molecule has 11 heteroatoms. The second-order valence-corrected chi connectivity index (χ2v) is 8.02. The number of benzene rings is 2. The second-order valence-electron chi connectivity index (χ2n) is 7.15. The Kier molecular flexibility index (Phi) is 5.47. The number of esters is 2. The second kappa shape index (κ2) is 7.99. The molecule has 1 aliphatic rings. The molecule has 2 heterocycles. The van der Waals surface area contributed by atoms with E-state index in [2.05, 4.69) is 0 Å². The van der Waals surface area contributed by atoms with E-state index in [9.17, 15) is 19.2 Å². The fourth-order valence-corrected chi connectivity index (χ4v) is 4.30. The van der Waals surface area contributed by atoms with E-state index in [-0.39, 0.29) is 12.1 Å². The Morgan fingerprint density at radius 2 is 1.38 bits per heavy atom. The number of ether oxygens (including phenoxy) is 2. The van der Waals surface area contributed by atoms with Gasteiger partial charge < -0.3 is 9.47 Å². The molecule has 0 amide bonds. The average Bonchev–Trinajstić information content (AvgIpc) is 3.28. The zero-order valence-electron chi connectivity index (χ0n) is 17.0. The number of carbonyl (C=O) groups is 2. The van der Waals surface area contributed by atoms with Crippen LogP contribution in [0.1, 0.15) is 18.0 Å². The number of carbonyl (C=O) groups excluding carboxylic acids is 2. The summed E-state index contributed by atoms with van der Waals surface area (Å²) in [6.45, 7) is 0. The van der Waals surface area contributed by atoms with Crippen LogP contribution in [0.3, 0.4) is 0 Å². The summed E-state index contributed by atoms with van der Waals surface area (Å²) < 4.78 is 12.5. The van der Waals surface area contributed by atoms with E-state index in [1.807, 2.05) is 0 Å². The molecule has 0 fully saturated rings. The number of aromatic nitrogens is 3. The van der Waals surface area contributed by atoms with E-state index in [0.717, 1.165) is 28.2 Å². The van der Waals surface area contributed by atoms with Crippen LogP contribution in [0.25, 0.3) is 5.69 Å². The fourth-order valence-electron chi connectivity index (χ4n) is 4.04. The molecule has 1 unspecified atom stereocenters. The summed E-state index contributed by atoms with van der Waals surface area (Å²) in [6.07, 6.45) is -0.250. The first-order valence-corrected chi connectivity index (χ1v) is 10.2. The number of halogens is 2. The van der Waals surface area contributed by atoms with Crippen molar-refractivity contribution in [2.24, 2.45) is 0 Å². The number of fused-ring (bicyclic) bond motifs is 1. The number of nitrogens with zero attached hydrogens (tertiary/aromatic N) is 3. The molecule has 0 radical (unpaired) electrons. The van der Waals surface area contributed by atoms with Gasteiger partial charge in [0.1, 0.15) is 0 Å². The third kappa shape index (κ3) is 3.08. The van der Waals surface area contributed by atoms with Crippen LogP contribution in [0.4, 0.5) is 0 Å². The molecule has 0 aliphatic carbocycles. The van der Waals surface area contributed by atoms with E-state index in [1.165, 1.54) is 24.3 Å². The largest absolute Gasteiger partial charge is 0.467 e. The number of methoxy groups -OCH3 is 2. The van der Waals surface area contributed by atoms with Gasteiger partial charge in [0.2, 0.25) is 0 Å². The quantitative estimate of drug-likeness (QED) is 0.421. The molecule has 0 saturated heterocycles. The highest BCUT2D eigenvalue weighted by molar-refractivity contribution is 6.30. The highest BCUT2D eigenvalue weighted by atomic mass is 35.5. The average molecular weight is 478 g/mol. The Hall–Kier alpha value is -3.30. The third-order valence-electron chi connectivity index (χ3n) is 5.51. The van der Waals surface area contributed by atoms with Crippen LogP contribution >= 0.6 is 23.2 Å². The Labute approximate surface area is 191 Å². The standard InChI is InChI=1S/C21H17Cl2N3O6/c1-31-17(27)21(18(28)32-2)11-16(12-3-5-13(22)6-4-12)25-19(29)24(20(30)26(21)25)15-9-7-14(23)8-10-15/h3-10,16H,11H2,1-2H3. The number of rotatable bonds is 4. The maximum absolute atomic E-state index is 13.5. The van der Waals surface area contributed by atoms with E-state index >= 15 is 0 Å². The van der Waals surface area contributed by atoms with Gasteiger partial charge in [-0.05, 0) is 42.0 Å². The van der Waals surface area contributed by atoms with Gasteiger partial charge in [0.05, 0.1) is 25.9 Å². The molecule has 9 nitrogen and oxygen atoms in total. The van der Waals surface area contributed by atoms with Gasteiger partial charge in [-0.25, -0.2) is 33.1 Å². The smallest absolute Gasteiger partial charge is 0.353 e. The lowest BCUT2D eigenvalue weighted by Crippen LogP contribution is -2.53. The molecule has 2 aromatic carbocycles. The van der Waals surface area contributed by atoms with Crippen LogP contribution < -0.4 is 11.4 Å². The molecule has 1 atom stereocenters. The highest BCUT2D eigenvalue weighted by Gasteiger charge is 2.60. The molecule has 0 bridgehead atoms. The molecule has 1 aliphatic heterocycles. The van der Waals surface area contributed by atoms with Crippen molar-refractivity contribution in [3.8, 4) is 5.69 Å². The van der Waals surface area contributed by atoms with Gasteiger partial charge in [0.15, 0.2) is 0 Å². The van der Waals surface area contributed by atoms with Crippen LogP contribution in [-0.4, -0.2) is 40.1 Å². The molecule has 1 aromatic heterocycles. The third-order valence-corrected chi connectivity index (χ3v) is 6.01. The van der Waals surface area contributed by atoms with Crippen LogP contribution in [0, 0.1) is 0 Å². The van der Waals surface area contributed by atoms with E-state index < -0.39 is 34.9 Å². The lowest BCUT2D eigenvalue weighted by molar-refractivity contribution is -0.167. The zero-order valence-corrected chi connectivity index (χ0v) is 18.5. The molecule has 0 N–H and O–H groups in total. The lowest BCUT2D eigenvalue weighted by Gasteiger charge is -2.23. The lowest BCUT2D eigenvalue weighted by atomic mass is 9.90. The predicted molar refractivity (Wildman–Crippen MR) is 116 cm³/mol. The first-order valence-electron chi connectivity index (χ1n) is 9.41. The van der Waals surface area contributed by atoms with Crippen molar-refractivity contribution in [3.63, 3.8) is 0 Å². The summed E-state index contributed by atoms with van der Waals surface area (Å²) in [6, 6.07) is 11.7. The summed E-state index contributed by atoms with van der Waals surface area (Å²) in [7, 11) is 2.18. The van der Waals surface area contributed by atoms with Crippen LogP contribution in [0.5, 0.6) is 0 Å². The topological polar surface area (TPSA) is 102 Å². The van der Waals surface area contributed by atoms with Gasteiger partial charge in [-0.3, -0.25) is 0 Å². The molecule has 4 rings (SSSR count). The van der Waals surface area contributed by atoms with E-state index in [4.69, 9.17) is 32.7 Å². The van der Waals surface area contributed by atoms with E-state index in [0.29, 0.717) is 15.6 Å². The SMILES string of the molecule is COC(=O)C1(C(=O)OC)CC(c2ccc(Cl)cc2)n2c(=O)n(-c3ccc(Cl)cc3)c(=O)n21. The van der Waals surface area contributed by atoms with Crippen LogP contribution in [-0.2, 0) is 24.6 Å². The van der Waals surface area contributed by atoms with E-state index in [1.54, 1.807) is 24.3 Å². The van der Waals surface area contributed by atoms with Gasteiger partial charge in [0.25, 0.3) is 5.54 Å². The Bertz CT molecular complexity index is 1310. The molecule has 0 saturated carbocycles. The van der Waals surface area contributed by atoms with Gasteiger partial charge in [0, 0.05) is 16.5 Å². The minimum atomic E-state index is -2.19. The first-order chi connectivity index (χ1) is 15.3. The molecule has 166 valence electrons. The van der Waals surface area contributed by atoms with Crippen molar-refractivity contribution in [1.82, 2.24) is 13.9 Å². The fraction of sp³-hybridized carbons (Fsp3) is 0.238. The van der Waals surface area contributed by atoms with Crippen molar-refractivity contribution in [3.05, 3.63) is 85.1 Å². The van der Waals surface area contributed by atoms with Crippen molar-refractivity contribution < 1.29 is 19.1 Å². The summed E-state index contributed by atoms with van der Waals surface area (Å²) in [5.74, 6) is -2.05. The summed E-state index contributed by atoms with van der Waals surface area (Å²) >= 11 is 11.9. The minimum Gasteiger partial charge on any atom is -0.467 e. The van der Waals surface area contributed by atoms with Gasteiger partial charge in [-0.15, -0.1) is 0 Å². The maximum Gasteiger partial charge on any atom is 0.353 e. The first kappa shape index (κ1) is 21.9. The molecular weight excluding hydrogens is 461 g/mol. The summed E-state index contributed by atoms with van der Waals surface area (Å²) in [5.41, 5.74) is -3.05. The van der Waals surface area contributed by atoms with Crippen molar-refractivity contribution in [2.45, 2.75) is 18.0 Å². The minimum absolute atomic E-state index is 0.220. The maximum atomic E-state index is 13.5. The Morgan fingerprint density at radius 1 is 0.875 bits per heavy atom. The Morgan fingerprint density at radius 3 is 1.88 bits per heavy atom. The highest BCUT2D eigenvalue weighted by Crippen LogP contribution is 2.39. The molecule has 0 spiro atoms. The molecule has 32 heavy (non-hydrogen) atoms. The van der Waals surface area contributed by atoms with Gasteiger partial charge >= 0.3 is 23.3 Å². The Balaban J connectivity index is 2.07. The summed E-state index contributed by atoms with van der Waals surface area (Å²) in [5, 5.41) is 0.869. The zero-order chi connectivity index (χ0) is 23.2. The van der Waals surface area contributed by atoms with Crippen molar-refractivity contribution in [2.75, 3.05) is 14.2 Å². The monoisotopic (exact) mass is 477 g/mol. The van der Waals surface area contributed by atoms with Crippen LogP contribution in [0.15, 0.2) is 58.1 Å². The van der Waals surface area contributed by atoms with Crippen LogP contribution in [0.2, 0.25) is 10.0 Å². The van der Waals surface area contributed by atoms with Crippen molar-refractivity contribution >= 4 is 35.1 Å². The molecule has 3 aromatic rings. The summed E-state index contributed by atoms with van der Waals surface area (Å²) in [4.78, 5) is 52.8. The van der Waals surface area contributed by atoms with Gasteiger partial charge in [-0.1, -0.05) is 35.3 Å². The van der Waals surface area contributed by atoms with Crippen molar-refractivity contribution in [1.29, 1.82) is 0 Å². The van der Waals surface area contributed by atoms with Gasteiger partial charge in [-0.2, -0.15) is 0 Å².